The quantitative estimate of drug-likeness (QED) is 0.839. The number of rotatable bonds is 5. The first-order valence-electron chi connectivity index (χ1n) is 7.38. The summed E-state index contributed by atoms with van der Waals surface area (Å²) in [4.78, 5) is 0. The molecule has 0 heterocycles. The maximum absolute atomic E-state index is 9.90. The summed E-state index contributed by atoms with van der Waals surface area (Å²) in [5.41, 5.74) is 2.47. The molecule has 2 N–H and O–H groups in total. The SMILES string of the molecule is Cc1ccc(O)c(CNC(CC2CC2)C(C)(C)C)c1. The number of aromatic hydroxyl groups is 1. The van der Waals surface area contributed by atoms with E-state index in [9.17, 15) is 5.11 Å². The van der Waals surface area contributed by atoms with E-state index in [4.69, 9.17) is 0 Å². The van der Waals surface area contributed by atoms with Crippen molar-refractivity contribution in [1.29, 1.82) is 0 Å². The average Bonchev–Trinajstić information content (AvgIpc) is 3.11. The monoisotopic (exact) mass is 261 g/mol. The Morgan fingerprint density at radius 1 is 1.32 bits per heavy atom. The lowest BCUT2D eigenvalue weighted by Crippen LogP contribution is -2.40. The van der Waals surface area contributed by atoms with Crippen LogP contribution in [-0.4, -0.2) is 11.1 Å². The normalized spacial score (nSPS) is 17.5. The van der Waals surface area contributed by atoms with Crippen LogP contribution < -0.4 is 5.32 Å². The molecule has 0 bridgehead atoms. The van der Waals surface area contributed by atoms with E-state index < -0.39 is 0 Å². The average molecular weight is 261 g/mol. The van der Waals surface area contributed by atoms with Crippen LogP contribution in [-0.2, 0) is 6.54 Å². The number of phenolic OH excluding ortho intramolecular Hbond substituents is 1. The molecule has 0 amide bonds. The minimum atomic E-state index is 0.266. The van der Waals surface area contributed by atoms with Crippen molar-refractivity contribution in [2.24, 2.45) is 11.3 Å². The van der Waals surface area contributed by atoms with Gasteiger partial charge in [-0.1, -0.05) is 51.3 Å². The van der Waals surface area contributed by atoms with E-state index in [-0.39, 0.29) is 5.41 Å². The summed E-state index contributed by atoms with van der Waals surface area (Å²) >= 11 is 0. The summed E-state index contributed by atoms with van der Waals surface area (Å²) in [6.07, 6.45) is 4.05. The van der Waals surface area contributed by atoms with Gasteiger partial charge in [0.1, 0.15) is 5.75 Å². The number of hydrogen-bond donors (Lipinski definition) is 2. The Kier molecular flexibility index (Phi) is 4.19. The molecule has 0 saturated heterocycles. The number of hydrogen-bond acceptors (Lipinski definition) is 2. The molecule has 0 aromatic heterocycles. The zero-order valence-electron chi connectivity index (χ0n) is 12.7. The van der Waals surface area contributed by atoms with Crippen LogP contribution in [0, 0.1) is 18.3 Å². The van der Waals surface area contributed by atoms with Gasteiger partial charge >= 0.3 is 0 Å². The Bertz CT molecular complexity index is 429. The molecule has 1 aliphatic carbocycles. The maximum Gasteiger partial charge on any atom is 0.120 e. The van der Waals surface area contributed by atoms with Gasteiger partial charge in [0, 0.05) is 18.2 Å². The molecule has 0 radical (unpaired) electrons. The Balaban J connectivity index is 1.99. The molecule has 1 atom stereocenters. The van der Waals surface area contributed by atoms with Gasteiger partial charge in [0.05, 0.1) is 0 Å². The smallest absolute Gasteiger partial charge is 0.120 e. The van der Waals surface area contributed by atoms with Crippen LogP contribution in [0.3, 0.4) is 0 Å². The lowest BCUT2D eigenvalue weighted by molar-refractivity contribution is 0.243. The molecule has 1 unspecified atom stereocenters. The van der Waals surface area contributed by atoms with Gasteiger partial charge in [0.2, 0.25) is 0 Å². The molecule has 1 aromatic carbocycles. The van der Waals surface area contributed by atoms with Crippen LogP contribution in [0.25, 0.3) is 0 Å². The van der Waals surface area contributed by atoms with Gasteiger partial charge in [-0.25, -0.2) is 0 Å². The first-order chi connectivity index (χ1) is 8.86. The molecule has 1 aliphatic rings. The van der Waals surface area contributed by atoms with Gasteiger partial charge in [0.15, 0.2) is 0 Å². The second kappa shape index (κ2) is 5.54. The Morgan fingerprint density at radius 3 is 2.58 bits per heavy atom. The highest BCUT2D eigenvalue weighted by Crippen LogP contribution is 2.37. The van der Waals surface area contributed by atoms with Crippen LogP contribution in [0.5, 0.6) is 5.75 Å². The summed E-state index contributed by atoms with van der Waals surface area (Å²) in [5.74, 6) is 1.32. The van der Waals surface area contributed by atoms with Crippen molar-refractivity contribution in [3.8, 4) is 5.75 Å². The van der Waals surface area contributed by atoms with Crippen molar-refractivity contribution in [3.63, 3.8) is 0 Å². The number of phenols is 1. The zero-order valence-corrected chi connectivity index (χ0v) is 12.7. The van der Waals surface area contributed by atoms with Crippen LogP contribution in [0.1, 0.15) is 51.2 Å². The highest BCUT2D eigenvalue weighted by Gasteiger charge is 2.31. The van der Waals surface area contributed by atoms with Gasteiger partial charge in [-0.15, -0.1) is 0 Å². The third kappa shape index (κ3) is 4.24. The number of benzene rings is 1. The topological polar surface area (TPSA) is 32.3 Å². The van der Waals surface area contributed by atoms with E-state index in [1.54, 1.807) is 6.07 Å². The third-order valence-electron chi connectivity index (χ3n) is 4.09. The first kappa shape index (κ1) is 14.4. The second-order valence-electron chi connectivity index (χ2n) is 7.11. The standard InChI is InChI=1S/C17H27NO/c1-12-5-8-15(19)14(9-12)11-18-16(17(2,3)4)10-13-6-7-13/h5,8-9,13,16,18-19H,6-7,10-11H2,1-4H3. The molecule has 1 aromatic rings. The molecule has 2 rings (SSSR count). The Labute approximate surface area is 117 Å². The predicted molar refractivity (Wildman–Crippen MR) is 80.3 cm³/mol. The van der Waals surface area contributed by atoms with Crippen molar-refractivity contribution >= 4 is 0 Å². The van der Waals surface area contributed by atoms with Crippen molar-refractivity contribution in [3.05, 3.63) is 29.3 Å². The van der Waals surface area contributed by atoms with E-state index in [0.717, 1.165) is 18.0 Å². The molecule has 1 saturated carbocycles. The van der Waals surface area contributed by atoms with E-state index in [0.29, 0.717) is 11.8 Å². The van der Waals surface area contributed by atoms with Crippen molar-refractivity contribution in [2.45, 2.75) is 59.5 Å². The minimum absolute atomic E-state index is 0.266. The Morgan fingerprint density at radius 2 is 2.00 bits per heavy atom. The molecule has 19 heavy (non-hydrogen) atoms. The lowest BCUT2D eigenvalue weighted by Gasteiger charge is -2.32. The van der Waals surface area contributed by atoms with Crippen molar-refractivity contribution in [1.82, 2.24) is 5.32 Å². The van der Waals surface area contributed by atoms with Crippen molar-refractivity contribution in [2.75, 3.05) is 0 Å². The van der Waals surface area contributed by atoms with Gasteiger partial charge in [-0.2, -0.15) is 0 Å². The van der Waals surface area contributed by atoms with Crippen LogP contribution in [0.15, 0.2) is 18.2 Å². The van der Waals surface area contributed by atoms with Gasteiger partial charge < -0.3 is 10.4 Å². The fraction of sp³-hybridized carbons (Fsp3) is 0.647. The van der Waals surface area contributed by atoms with Crippen LogP contribution >= 0.6 is 0 Å². The van der Waals surface area contributed by atoms with Crippen LogP contribution in [0.4, 0.5) is 0 Å². The Hall–Kier alpha value is -1.02. The molecule has 1 fully saturated rings. The van der Waals surface area contributed by atoms with Crippen molar-refractivity contribution < 1.29 is 5.11 Å². The molecular formula is C17H27NO. The van der Waals surface area contributed by atoms with Gasteiger partial charge in [-0.05, 0) is 30.7 Å². The van der Waals surface area contributed by atoms with E-state index in [1.165, 1.54) is 24.8 Å². The predicted octanol–water partition coefficient (Wildman–Crippen LogP) is 4.01. The molecule has 106 valence electrons. The summed E-state index contributed by atoms with van der Waals surface area (Å²) in [6, 6.07) is 6.32. The highest BCUT2D eigenvalue weighted by atomic mass is 16.3. The largest absolute Gasteiger partial charge is 0.508 e. The fourth-order valence-corrected chi connectivity index (χ4v) is 2.52. The van der Waals surface area contributed by atoms with Gasteiger partial charge in [-0.3, -0.25) is 0 Å². The second-order valence-corrected chi connectivity index (χ2v) is 7.11. The number of aryl methyl sites for hydroxylation is 1. The molecule has 2 heteroatoms. The lowest BCUT2D eigenvalue weighted by atomic mass is 9.83. The zero-order chi connectivity index (χ0) is 14.0. The molecule has 0 aliphatic heterocycles. The van der Waals surface area contributed by atoms with Crippen LogP contribution in [0.2, 0.25) is 0 Å². The molecule has 2 nitrogen and oxygen atoms in total. The molecular weight excluding hydrogens is 234 g/mol. The van der Waals surface area contributed by atoms with E-state index >= 15 is 0 Å². The summed E-state index contributed by atoms with van der Waals surface area (Å²) in [5, 5.41) is 13.6. The van der Waals surface area contributed by atoms with E-state index in [2.05, 4.69) is 39.1 Å². The van der Waals surface area contributed by atoms with Gasteiger partial charge in [0.25, 0.3) is 0 Å². The summed E-state index contributed by atoms with van der Waals surface area (Å²) in [7, 11) is 0. The summed E-state index contributed by atoms with van der Waals surface area (Å²) in [6.45, 7) is 9.70. The maximum atomic E-state index is 9.90. The minimum Gasteiger partial charge on any atom is -0.508 e. The fourth-order valence-electron chi connectivity index (χ4n) is 2.52. The highest BCUT2D eigenvalue weighted by molar-refractivity contribution is 5.35. The molecule has 0 spiro atoms. The third-order valence-corrected chi connectivity index (χ3v) is 4.09. The number of nitrogens with one attached hydrogen (secondary N) is 1. The van der Waals surface area contributed by atoms with E-state index in [1.807, 2.05) is 6.07 Å². The first-order valence-corrected chi connectivity index (χ1v) is 7.38. The summed E-state index contributed by atoms with van der Waals surface area (Å²) < 4.78 is 0.